The molecule has 0 aliphatic heterocycles. The van der Waals surface area contributed by atoms with Gasteiger partial charge in [0.15, 0.2) is 5.96 Å². The molecule has 0 spiro atoms. The molecule has 2 N–H and O–H groups in total. The van der Waals surface area contributed by atoms with Gasteiger partial charge in [0.05, 0.1) is 17.3 Å². The summed E-state index contributed by atoms with van der Waals surface area (Å²) in [5, 5.41) is 7.61. The molecule has 0 aliphatic carbocycles. The Labute approximate surface area is 180 Å². The van der Waals surface area contributed by atoms with Crippen molar-refractivity contribution in [2.24, 2.45) is 12.0 Å². The monoisotopic (exact) mass is 431 g/mol. The second kappa shape index (κ2) is 10.2. The van der Waals surface area contributed by atoms with E-state index in [4.69, 9.17) is 27.9 Å². The van der Waals surface area contributed by atoms with E-state index in [2.05, 4.69) is 20.6 Å². The van der Waals surface area contributed by atoms with E-state index in [1.54, 1.807) is 13.2 Å². The third-order valence-corrected chi connectivity index (χ3v) is 5.19. The molecule has 3 rings (SSSR count). The van der Waals surface area contributed by atoms with Gasteiger partial charge in [-0.3, -0.25) is 9.98 Å². The molecule has 0 unspecified atom stereocenters. The third kappa shape index (κ3) is 5.89. The van der Waals surface area contributed by atoms with Crippen LogP contribution >= 0.6 is 23.2 Å². The molecule has 1 aromatic carbocycles. The minimum Gasteiger partial charge on any atom is -0.487 e. The van der Waals surface area contributed by atoms with Crippen molar-refractivity contribution in [3.8, 4) is 5.75 Å². The van der Waals surface area contributed by atoms with Gasteiger partial charge in [0.25, 0.3) is 0 Å². The molecular weight excluding hydrogens is 409 g/mol. The SMILES string of the molecule is CN=C(NCc1cccc(OCc2ccccn2)c1)NCc1cc(Cl)c(Cl)n1C. The van der Waals surface area contributed by atoms with Crippen LogP contribution in [0.4, 0.5) is 0 Å². The zero-order valence-corrected chi connectivity index (χ0v) is 17.8. The van der Waals surface area contributed by atoms with Crippen molar-refractivity contribution < 1.29 is 4.74 Å². The molecule has 2 heterocycles. The largest absolute Gasteiger partial charge is 0.487 e. The molecule has 0 radical (unpaired) electrons. The van der Waals surface area contributed by atoms with Gasteiger partial charge in [-0.15, -0.1) is 0 Å². The normalized spacial score (nSPS) is 11.4. The Hall–Kier alpha value is -2.70. The molecule has 0 amide bonds. The maximum Gasteiger partial charge on any atom is 0.191 e. The second-order valence-corrected chi connectivity index (χ2v) is 7.14. The fraction of sp³-hybridized carbons (Fsp3) is 0.238. The van der Waals surface area contributed by atoms with Crippen molar-refractivity contribution in [3.05, 3.63) is 81.9 Å². The Morgan fingerprint density at radius 2 is 1.93 bits per heavy atom. The number of nitrogens with one attached hydrogen (secondary N) is 2. The summed E-state index contributed by atoms with van der Waals surface area (Å²) in [6, 6.07) is 15.5. The van der Waals surface area contributed by atoms with Crippen LogP contribution in [0.15, 0.2) is 59.7 Å². The molecule has 29 heavy (non-hydrogen) atoms. The van der Waals surface area contributed by atoms with Crippen LogP contribution in [0.1, 0.15) is 17.0 Å². The Balaban J connectivity index is 1.52. The number of benzene rings is 1. The lowest BCUT2D eigenvalue weighted by atomic mass is 10.2. The van der Waals surface area contributed by atoms with Crippen molar-refractivity contribution in [2.45, 2.75) is 19.7 Å². The van der Waals surface area contributed by atoms with Crippen LogP contribution < -0.4 is 15.4 Å². The number of hydrogen-bond acceptors (Lipinski definition) is 3. The van der Waals surface area contributed by atoms with Crippen molar-refractivity contribution in [1.82, 2.24) is 20.2 Å². The minimum atomic E-state index is 0.433. The quantitative estimate of drug-likeness (QED) is 0.435. The smallest absolute Gasteiger partial charge is 0.191 e. The number of ether oxygens (including phenoxy) is 1. The van der Waals surface area contributed by atoms with Gasteiger partial charge in [-0.2, -0.15) is 0 Å². The van der Waals surface area contributed by atoms with E-state index in [1.165, 1.54) is 0 Å². The molecule has 152 valence electrons. The third-order valence-electron chi connectivity index (χ3n) is 4.35. The summed E-state index contributed by atoms with van der Waals surface area (Å²) in [4.78, 5) is 8.52. The average molecular weight is 432 g/mol. The number of aliphatic imine (C=N–C) groups is 1. The highest BCUT2D eigenvalue weighted by atomic mass is 35.5. The molecule has 0 atom stereocenters. The van der Waals surface area contributed by atoms with Crippen LogP contribution in [0.2, 0.25) is 10.2 Å². The lowest BCUT2D eigenvalue weighted by Gasteiger charge is -2.13. The number of hydrogen-bond donors (Lipinski definition) is 2. The van der Waals surface area contributed by atoms with E-state index in [0.717, 1.165) is 22.7 Å². The van der Waals surface area contributed by atoms with Crippen LogP contribution in [0.3, 0.4) is 0 Å². The van der Waals surface area contributed by atoms with Crippen LogP contribution in [-0.4, -0.2) is 22.6 Å². The van der Waals surface area contributed by atoms with Crippen LogP contribution in [-0.2, 0) is 26.7 Å². The first-order valence-corrected chi connectivity index (χ1v) is 9.88. The summed E-state index contributed by atoms with van der Waals surface area (Å²) in [7, 11) is 3.60. The van der Waals surface area contributed by atoms with Crippen LogP contribution in [0, 0.1) is 0 Å². The van der Waals surface area contributed by atoms with Crippen molar-refractivity contribution in [3.63, 3.8) is 0 Å². The highest BCUT2D eigenvalue weighted by molar-refractivity contribution is 6.41. The number of halogens is 2. The van der Waals surface area contributed by atoms with E-state index in [9.17, 15) is 0 Å². The highest BCUT2D eigenvalue weighted by Crippen LogP contribution is 2.24. The minimum absolute atomic E-state index is 0.433. The predicted molar refractivity (Wildman–Crippen MR) is 117 cm³/mol. The van der Waals surface area contributed by atoms with Gasteiger partial charge in [-0.05, 0) is 35.9 Å². The molecule has 0 saturated heterocycles. The second-order valence-electron chi connectivity index (χ2n) is 6.37. The standard InChI is InChI=1S/C21H23Cl2N5O/c1-24-21(27-13-17-11-19(22)20(23)28(17)2)26-12-15-6-5-8-18(10-15)29-14-16-7-3-4-9-25-16/h3-11H,12-14H2,1-2H3,(H2,24,26,27). The summed E-state index contributed by atoms with van der Waals surface area (Å²) in [6.45, 7) is 1.59. The van der Waals surface area contributed by atoms with Crippen molar-refractivity contribution in [1.29, 1.82) is 0 Å². The number of aromatic nitrogens is 2. The van der Waals surface area contributed by atoms with E-state index in [0.29, 0.717) is 35.8 Å². The molecule has 0 aliphatic rings. The Bertz CT molecular complexity index is 972. The summed E-state index contributed by atoms with van der Waals surface area (Å²) in [6.07, 6.45) is 1.76. The topological polar surface area (TPSA) is 63.5 Å². The predicted octanol–water partition coefficient (Wildman–Crippen LogP) is 4.17. The molecular formula is C21H23Cl2N5O. The van der Waals surface area contributed by atoms with Gasteiger partial charge in [0.1, 0.15) is 17.5 Å². The molecule has 0 saturated carbocycles. The zero-order chi connectivity index (χ0) is 20.6. The number of rotatable bonds is 7. The fourth-order valence-corrected chi connectivity index (χ4v) is 3.14. The number of pyridine rings is 1. The van der Waals surface area contributed by atoms with Crippen LogP contribution in [0.5, 0.6) is 5.75 Å². The van der Waals surface area contributed by atoms with E-state index < -0.39 is 0 Å². The van der Waals surface area contributed by atoms with Gasteiger partial charge < -0.3 is 19.9 Å². The number of nitrogens with zero attached hydrogens (tertiary/aromatic N) is 3. The molecule has 3 aromatic rings. The molecule has 2 aromatic heterocycles. The highest BCUT2D eigenvalue weighted by Gasteiger charge is 2.09. The first kappa shape index (κ1) is 21.0. The van der Waals surface area contributed by atoms with Gasteiger partial charge in [0, 0.05) is 32.5 Å². The Morgan fingerprint density at radius 1 is 1.10 bits per heavy atom. The van der Waals surface area contributed by atoms with Crippen LogP contribution in [0.25, 0.3) is 0 Å². The maximum absolute atomic E-state index is 6.11. The number of guanidine groups is 1. The van der Waals surface area contributed by atoms with Crippen molar-refractivity contribution in [2.75, 3.05) is 7.05 Å². The van der Waals surface area contributed by atoms with Gasteiger partial charge in [0.2, 0.25) is 0 Å². The van der Waals surface area contributed by atoms with E-state index in [-0.39, 0.29) is 0 Å². The summed E-state index contributed by atoms with van der Waals surface area (Å²) >= 11 is 12.2. The Morgan fingerprint density at radius 3 is 2.62 bits per heavy atom. The molecule has 8 heteroatoms. The molecule has 0 fully saturated rings. The summed E-state index contributed by atoms with van der Waals surface area (Å²) < 4.78 is 7.67. The van der Waals surface area contributed by atoms with E-state index in [1.807, 2.05) is 60.1 Å². The van der Waals surface area contributed by atoms with Gasteiger partial charge in [-0.1, -0.05) is 41.4 Å². The first-order valence-electron chi connectivity index (χ1n) is 9.12. The van der Waals surface area contributed by atoms with Crippen molar-refractivity contribution >= 4 is 29.2 Å². The Kier molecular flexibility index (Phi) is 7.38. The summed E-state index contributed by atoms with van der Waals surface area (Å²) in [5.74, 6) is 1.48. The summed E-state index contributed by atoms with van der Waals surface area (Å²) in [5.41, 5.74) is 2.94. The van der Waals surface area contributed by atoms with E-state index >= 15 is 0 Å². The van der Waals surface area contributed by atoms with Gasteiger partial charge in [-0.25, -0.2) is 0 Å². The molecule has 6 nitrogen and oxygen atoms in total. The zero-order valence-electron chi connectivity index (χ0n) is 16.3. The average Bonchev–Trinajstić information content (AvgIpc) is 3.00. The lowest BCUT2D eigenvalue weighted by Crippen LogP contribution is -2.36. The maximum atomic E-state index is 6.11. The fourth-order valence-electron chi connectivity index (χ4n) is 2.73. The lowest BCUT2D eigenvalue weighted by molar-refractivity contribution is 0.301. The molecule has 0 bridgehead atoms. The van der Waals surface area contributed by atoms with Gasteiger partial charge >= 0.3 is 0 Å². The first-order chi connectivity index (χ1) is 14.1.